The molecule has 0 atom stereocenters. The summed E-state index contributed by atoms with van der Waals surface area (Å²) in [5, 5.41) is 0. The minimum atomic E-state index is -3.45. The van der Waals surface area contributed by atoms with E-state index in [0.29, 0.717) is 25.9 Å². The number of rotatable bonds is 3. The largest absolute Gasteiger partial charge is 0.294 e. The number of sulfonamides is 1. The minimum Gasteiger partial charge on any atom is -0.294 e. The zero-order valence-corrected chi connectivity index (χ0v) is 11.3. The number of hydrogen-bond donors (Lipinski definition) is 2. The predicted octanol–water partition coefficient (Wildman–Crippen LogP) is 0.0772. The lowest BCUT2D eigenvalue weighted by Crippen LogP contribution is -2.44. The van der Waals surface area contributed by atoms with Crippen LogP contribution in [0.15, 0.2) is 35.2 Å². The third-order valence-corrected chi connectivity index (χ3v) is 5.26. The Morgan fingerprint density at radius 1 is 1.21 bits per heavy atom. The fraction of sp³-hybridized carbons (Fsp3) is 0.417. The van der Waals surface area contributed by atoms with Crippen molar-refractivity contribution < 1.29 is 13.2 Å². The number of nitrogens with zero attached hydrogens (tertiary/aromatic N) is 1. The second-order valence-electron chi connectivity index (χ2n) is 4.50. The van der Waals surface area contributed by atoms with Gasteiger partial charge in [0.1, 0.15) is 0 Å². The van der Waals surface area contributed by atoms with Crippen LogP contribution < -0.4 is 11.3 Å². The highest BCUT2D eigenvalue weighted by molar-refractivity contribution is 7.89. The van der Waals surface area contributed by atoms with Crippen LogP contribution in [-0.2, 0) is 14.8 Å². The fourth-order valence-corrected chi connectivity index (χ4v) is 3.71. The Kier molecular flexibility index (Phi) is 4.18. The highest BCUT2D eigenvalue weighted by Crippen LogP contribution is 2.23. The molecule has 1 fully saturated rings. The van der Waals surface area contributed by atoms with Crippen molar-refractivity contribution in [1.29, 1.82) is 0 Å². The zero-order chi connectivity index (χ0) is 13.9. The van der Waals surface area contributed by atoms with Gasteiger partial charge in [-0.2, -0.15) is 4.31 Å². The van der Waals surface area contributed by atoms with Crippen LogP contribution in [0, 0.1) is 5.92 Å². The summed E-state index contributed by atoms with van der Waals surface area (Å²) < 4.78 is 26.1. The molecule has 7 heteroatoms. The normalized spacial score (nSPS) is 18.2. The molecule has 19 heavy (non-hydrogen) atoms. The van der Waals surface area contributed by atoms with Gasteiger partial charge in [-0.25, -0.2) is 14.3 Å². The van der Waals surface area contributed by atoms with Crippen LogP contribution in [0.25, 0.3) is 0 Å². The van der Waals surface area contributed by atoms with Gasteiger partial charge in [-0.1, -0.05) is 18.2 Å². The summed E-state index contributed by atoms with van der Waals surface area (Å²) in [6, 6.07) is 8.32. The van der Waals surface area contributed by atoms with Crippen molar-refractivity contribution in [2.24, 2.45) is 11.8 Å². The Labute approximate surface area is 112 Å². The van der Waals surface area contributed by atoms with Crippen LogP contribution in [0.1, 0.15) is 12.8 Å². The maximum atomic E-state index is 12.3. The molecule has 0 unspecified atom stereocenters. The monoisotopic (exact) mass is 283 g/mol. The number of piperidine rings is 1. The van der Waals surface area contributed by atoms with E-state index in [-0.39, 0.29) is 16.7 Å². The van der Waals surface area contributed by atoms with Crippen LogP contribution in [0.4, 0.5) is 0 Å². The van der Waals surface area contributed by atoms with Gasteiger partial charge in [0.2, 0.25) is 15.9 Å². The van der Waals surface area contributed by atoms with E-state index >= 15 is 0 Å². The van der Waals surface area contributed by atoms with E-state index in [1.165, 1.54) is 4.31 Å². The van der Waals surface area contributed by atoms with Gasteiger partial charge in [0.15, 0.2) is 0 Å². The quantitative estimate of drug-likeness (QED) is 0.467. The number of nitrogens with two attached hydrogens (primary N) is 1. The van der Waals surface area contributed by atoms with Crippen molar-refractivity contribution in [2.75, 3.05) is 13.1 Å². The lowest BCUT2D eigenvalue weighted by atomic mass is 9.98. The van der Waals surface area contributed by atoms with E-state index in [2.05, 4.69) is 5.43 Å². The van der Waals surface area contributed by atoms with E-state index in [0.717, 1.165) is 0 Å². The molecule has 0 aromatic heterocycles. The highest BCUT2D eigenvalue weighted by atomic mass is 32.2. The van der Waals surface area contributed by atoms with Crippen LogP contribution in [0.3, 0.4) is 0 Å². The van der Waals surface area contributed by atoms with E-state index in [1.807, 2.05) is 0 Å². The lowest BCUT2D eigenvalue weighted by molar-refractivity contribution is -0.126. The number of hydrogen-bond acceptors (Lipinski definition) is 4. The van der Waals surface area contributed by atoms with Crippen molar-refractivity contribution in [2.45, 2.75) is 17.7 Å². The maximum Gasteiger partial charge on any atom is 0.243 e. The second-order valence-corrected chi connectivity index (χ2v) is 6.44. The predicted molar refractivity (Wildman–Crippen MR) is 70.3 cm³/mol. The first-order valence-electron chi connectivity index (χ1n) is 6.11. The molecule has 1 amide bonds. The van der Waals surface area contributed by atoms with Gasteiger partial charge in [0.25, 0.3) is 0 Å². The molecule has 2 rings (SSSR count). The Morgan fingerprint density at radius 3 is 2.32 bits per heavy atom. The van der Waals surface area contributed by atoms with Crippen LogP contribution in [-0.4, -0.2) is 31.7 Å². The molecule has 0 radical (unpaired) electrons. The molecule has 1 aliphatic heterocycles. The molecule has 1 aromatic carbocycles. The summed E-state index contributed by atoms with van der Waals surface area (Å²) in [7, 11) is -3.45. The van der Waals surface area contributed by atoms with Gasteiger partial charge < -0.3 is 0 Å². The third-order valence-electron chi connectivity index (χ3n) is 3.35. The Bertz CT molecular complexity index is 537. The third kappa shape index (κ3) is 2.94. The van der Waals surface area contributed by atoms with Crippen molar-refractivity contribution in [3.63, 3.8) is 0 Å². The fourth-order valence-electron chi connectivity index (χ4n) is 2.22. The summed E-state index contributed by atoms with van der Waals surface area (Å²) in [4.78, 5) is 11.7. The lowest BCUT2D eigenvalue weighted by Gasteiger charge is -2.30. The first-order chi connectivity index (χ1) is 9.05. The summed E-state index contributed by atoms with van der Waals surface area (Å²) in [5.74, 6) is 4.66. The summed E-state index contributed by atoms with van der Waals surface area (Å²) in [6.45, 7) is 0.685. The molecule has 0 aliphatic carbocycles. The first kappa shape index (κ1) is 14.0. The van der Waals surface area contributed by atoms with Gasteiger partial charge in [0, 0.05) is 19.0 Å². The van der Waals surface area contributed by atoms with Crippen LogP contribution in [0.2, 0.25) is 0 Å². The zero-order valence-electron chi connectivity index (χ0n) is 10.5. The molecule has 1 aromatic rings. The molecule has 0 bridgehead atoms. The highest BCUT2D eigenvalue weighted by Gasteiger charge is 2.31. The summed E-state index contributed by atoms with van der Waals surface area (Å²) in [5.41, 5.74) is 2.11. The summed E-state index contributed by atoms with van der Waals surface area (Å²) >= 11 is 0. The molecular weight excluding hydrogens is 266 g/mol. The number of carbonyl (C=O) groups is 1. The number of hydrazine groups is 1. The molecule has 1 aliphatic rings. The van der Waals surface area contributed by atoms with Gasteiger partial charge in [-0.3, -0.25) is 10.2 Å². The topological polar surface area (TPSA) is 92.5 Å². The van der Waals surface area contributed by atoms with Crippen molar-refractivity contribution in [3.8, 4) is 0 Å². The standard InChI is InChI=1S/C12H17N3O3S/c13-14-12(16)10-6-8-15(9-7-10)19(17,18)11-4-2-1-3-5-11/h1-5,10H,6-9,13H2,(H,14,16). The number of carbonyl (C=O) groups excluding carboxylic acids is 1. The number of benzene rings is 1. The Balaban J connectivity index is 2.08. The van der Waals surface area contributed by atoms with Crippen molar-refractivity contribution in [1.82, 2.24) is 9.73 Å². The average molecular weight is 283 g/mol. The Hall–Kier alpha value is -1.44. The molecule has 104 valence electrons. The minimum absolute atomic E-state index is 0.202. The van der Waals surface area contributed by atoms with Crippen molar-refractivity contribution >= 4 is 15.9 Å². The second kappa shape index (κ2) is 5.68. The summed E-state index contributed by atoms with van der Waals surface area (Å²) in [6.07, 6.45) is 0.990. The number of nitrogens with one attached hydrogen (secondary N) is 1. The molecule has 6 nitrogen and oxygen atoms in total. The molecule has 0 saturated carbocycles. The molecule has 3 N–H and O–H groups in total. The van der Waals surface area contributed by atoms with Gasteiger partial charge >= 0.3 is 0 Å². The Morgan fingerprint density at radius 2 is 1.79 bits per heavy atom. The smallest absolute Gasteiger partial charge is 0.243 e. The number of amides is 1. The van der Waals surface area contributed by atoms with E-state index in [1.54, 1.807) is 30.3 Å². The van der Waals surface area contributed by atoms with E-state index < -0.39 is 10.0 Å². The molecule has 0 spiro atoms. The SMILES string of the molecule is NNC(=O)C1CCN(S(=O)(=O)c2ccccc2)CC1. The maximum absolute atomic E-state index is 12.3. The molecule has 1 heterocycles. The van der Waals surface area contributed by atoms with Gasteiger partial charge in [-0.15, -0.1) is 0 Å². The van der Waals surface area contributed by atoms with Crippen LogP contribution in [0.5, 0.6) is 0 Å². The van der Waals surface area contributed by atoms with Crippen molar-refractivity contribution in [3.05, 3.63) is 30.3 Å². The molecule has 1 saturated heterocycles. The van der Waals surface area contributed by atoms with Gasteiger partial charge in [-0.05, 0) is 25.0 Å². The van der Waals surface area contributed by atoms with E-state index in [9.17, 15) is 13.2 Å². The average Bonchev–Trinajstić information content (AvgIpc) is 2.47. The first-order valence-corrected chi connectivity index (χ1v) is 7.55. The van der Waals surface area contributed by atoms with Crippen LogP contribution >= 0.6 is 0 Å². The molecular formula is C12H17N3O3S. The van der Waals surface area contributed by atoms with Gasteiger partial charge in [0.05, 0.1) is 4.90 Å². The van der Waals surface area contributed by atoms with E-state index in [4.69, 9.17) is 5.84 Å².